The average molecular weight is 286 g/mol. The molecule has 1 aromatic carbocycles. The first-order valence-corrected chi connectivity index (χ1v) is 6.51. The fourth-order valence-corrected chi connectivity index (χ4v) is 2.60. The van der Waals surface area contributed by atoms with E-state index in [2.05, 4.69) is 4.98 Å². The van der Waals surface area contributed by atoms with E-state index >= 15 is 0 Å². The maximum Gasteiger partial charge on any atom is 0.414 e. The number of nitrogens with zero attached hydrogens (tertiary/aromatic N) is 2. The zero-order chi connectivity index (χ0) is 15.0. The first-order valence-electron chi connectivity index (χ1n) is 6.51. The van der Waals surface area contributed by atoms with Crippen molar-refractivity contribution in [3.8, 4) is 0 Å². The number of fused-ring (bicyclic) bond motifs is 3. The van der Waals surface area contributed by atoms with E-state index in [1.54, 1.807) is 29.3 Å². The summed E-state index contributed by atoms with van der Waals surface area (Å²) in [4.78, 5) is 29.5. The van der Waals surface area contributed by atoms with Crippen LogP contribution in [-0.4, -0.2) is 37.8 Å². The van der Waals surface area contributed by atoms with Crippen molar-refractivity contribution in [3.05, 3.63) is 35.5 Å². The Labute approximate surface area is 121 Å². The van der Waals surface area contributed by atoms with Gasteiger partial charge in [-0.15, -0.1) is 0 Å². The second kappa shape index (κ2) is 5.05. The molecule has 0 spiro atoms. The summed E-state index contributed by atoms with van der Waals surface area (Å²) in [5.41, 5.74) is 2.88. The lowest BCUT2D eigenvalue weighted by Gasteiger charge is -2.17. The molecule has 0 saturated heterocycles. The molecule has 108 valence electrons. The summed E-state index contributed by atoms with van der Waals surface area (Å²) in [5.74, 6) is -0.419. The molecule has 6 nitrogen and oxygen atoms in total. The molecule has 0 unspecified atom stereocenters. The molecule has 0 radical (unpaired) electrons. The molecular formula is C15H14N2O4. The van der Waals surface area contributed by atoms with Gasteiger partial charge >= 0.3 is 12.1 Å². The SMILES string of the molecule is COC(=O)c1ccc2ncc3c(c2c1)N(C(=O)OC)CC3. The molecule has 0 bridgehead atoms. The number of benzene rings is 1. The van der Waals surface area contributed by atoms with Crippen LogP contribution >= 0.6 is 0 Å². The lowest BCUT2D eigenvalue weighted by molar-refractivity contribution is 0.0601. The molecule has 2 aromatic rings. The Morgan fingerprint density at radius 1 is 1.24 bits per heavy atom. The number of aromatic nitrogens is 1. The average Bonchev–Trinajstić information content (AvgIpc) is 2.97. The maximum atomic E-state index is 11.9. The van der Waals surface area contributed by atoms with Crippen molar-refractivity contribution in [3.63, 3.8) is 0 Å². The van der Waals surface area contributed by atoms with Crippen LogP contribution < -0.4 is 4.90 Å². The number of hydrogen-bond acceptors (Lipinski definition) is 5. The third kappa shape index (κ3) is 2.08. The first-order chi connectivity index (χ1) is 10.2. The number of esters is 1. The van der Waals surface area contributed by atoms with Crippen LogP contribution in [0.25, 0.3) is 10.9 Å². The van der Waals surface area contributed by atoms with Gasteiger partial charge in [-0.3, -0.25) is 9.88 Å². The topological polar surface area (TPSA) is 68.7 Å². The van der Waals surface area contributed by atoms with Crippen LogP contribution in [0.2, 0.25) is 0 Å². The minimum absolute atomic E-state index is 0.412. The van der Waals surface area contributed by atoms with Crippen molar-refractivity contribution in [2.24, 2.45) is 0 Å². The molecule has 0 saturated carbocycles. The number of methoxy groups -OCH3 is 2. The lowest BCUT2D eigenvalue weighted by atomic mass is 10.1. The van der Waals surface area contributed by atoms with E-state index < -0.39 is 12.1 Å². The van der Waals surface area contributed by atoms with E-state index in [0.717, 1.165) is 28.6 Å². The Morgan fingerprint density at radius 3 is 2.76 bits per heavy atom. The Kier molecular flexibility index (Phi) is 3.21. The van der Waals surface area contributed by atoms with Gasteiger partial charge in [0.05, 0.1) is 31.0 Å². The summed E-state index contributed by atoms with van der Waals surface area (Å²) in [6.45, 7) is 0.547. The van der Waals surface area contributed by atoms with E-state index in [1.807, 2.05) is 0 Å². The van der Waals surface area contributed by atoms with Crippen molar-refractivity contribution in [2.45, 2.75) is 6.42 Å². The highest BCUT2D eigenvalue weighted by Gasteiger charge is 2.28. The Balaban J connectivity index is 2.21. The molecule has 6 heteroatoms. The van der Waals surface area contributed by atoms with Crippen molar-refractivity contribution >= 4 is 28.7 Å². The van der Waals surface area contributed by atoms with E-state index in [1.165, 1.54) is 14.2 Å². The summed E-state index contributed by atoms with van der Waals surface area (Å²) in [5, 5.41) is 0.748. The highest BCUT2D eigenvalue weighted by molar-refractivity contribution is 6.05. The van der Waals surface area contributed by atoms with Crippen molar-refractivity contribution in [1.29, 1.82) is 0 Å². The van der Waals surface area contributed by atoms with Crippen LogP contribution in [0, 0.1) is 0 Å². The standard InChI is InChI=1S/C15H14N2O4/c1-20-14(18)9-3-4-12-11(7-9)13-10(8-16-12)5-6-17(13)15(19)21-2/h3-4,7-8H,5-6H2,1-2H3. The normalized spacial score (nSPS) is 13.1. The highest BCUT2D eigenvalue weighted by Crippen LogP contribution is 2.35. The fraction of sp³-hybridized carbons (Fsp3) is 0.267. The predicted octanol–water partition coefficient (Wildman–Crippen LogP) is 2.15. The van der Waals surface area contributed by atoms with Crippen LogP contribution in [0.1, 0.15) is 15.9 Å². The monoisotopic (exact) mass is 286 g/mol. The van der Waals surface area contributed by atoms with Gasteiger partial charge in [-0.05, 0) is 30.2 Å². The van der Waals surface area contributed by atoms with E-state index in [9.17, 15) is 9.59 Å². The molecule has 1 amide bonds. The quantitative estimate of drug-likeness (QED) is 0.751. The van der Waals surface area contributed by atoms with Crippen molar-refractivity contribution in [2.75, 3.05) is 25.7 Å². The zero-order valence-electron chi connectivity index (χ0n) is 11.8. The Bertz CT molecular complexity index is 742. The first kappa shape index (κ1) is 13.4. The fourth-order valence-electron chi connectivity index (χ4n) is 2.60. The third-order valence-electron chi connectivity index (χ3n) is 3.61. The maximum absolute atomic E-state index is 11.9. The number of anilines is 1. The Morgan fingerprint density at radius 2 is 2.05 bits per heavy atom. The smallest absolute Gasteiger partial charge is 0.414 e. The molecule has 3 rings (SSSR count). The minimum atomic E-state index is -0.419. The second-order valence-electron chi connectivity index (χ2n) is 4.73. The van der Waals surface area contributed by atoms with Gasteiger partial charge in [-0.2, -0.15) is 0 Å². The molecular weight excluding hydrogens is 272 g/mol. The van der Waals surface area contributed by atoms with E-state index in [-0.39, 0.29) is 0 Å². The largest absolute Gasteiger partial charge is 0.465 e. The third-order valence-corrected chi connectivity index (χ3v) is 3.61. The van der Waals surface area contributed by atoms with Crippen LogP contribution in [0.4, 0.5) is 10.5 Å². The molecule has 0 fully saturated rings. The van der Waals surface area contributed by atoms with Gasteiger partial charge < -0.3 is 9.47 Å². The molecule has 1 aromatic heterocycles. The van der Waals surface area contributed by atoms with Crippen molar-refractivity contribution in [1.82, 2.24) is 4.98 Å². The number of ether oxygens (including phenoxy) is 2. The summed E-state index contributed by atoms with van der Waals surface area (Å²) in [6.07, 6.45) is 2.07. The zero-order valence-corrected chi connectivity index (χ0v) is 11.8. The number of pyridine rings is 1. The summed E-state index contributed by atoms with van der Waals surface area (Å²) in [7, 11) is 2.69. The number of hydrogen-bond donors (Lipinski definition) is 0. The van der Waals surface area contributed by atoms with Crippen LogP contribution in [0.5, 0.6) is 0 Å². The molecule has 2 heterocycles. The summed E-state index contributed by atoms with van der Waals surface area (Å²) < 4.78 is 9.55. The number of carbonyl (C=O) groups is 2. The van der Waals surface area contributed by atoms with Gasteiger partial charge in [0.15, 0.2) is 0 Å². The Hall–Kier alpha value is -2.63. The second-order valence-corrected chi connectivity index (χ2v) is 4.73. The van der Waals surface area contributed by atoms with Gasteiger partial charge in [0.1, 0.15) is 0 Å². The van der Waals surface area contributed by atoms with Crippen molar-refractivity contribution < 1.29 is 19.1 Å². The predicted molar refractivity (Wildman–Crippen MR) is 76.5 cm³/mol. The summed E-state index contributed by atoms with van der Waals surface area (Å²) in [6, 6.07) is 5.11. The molecule has 0 N–H and O–H groups in total. The van der Waals surface area contributed by atoms with Crippen LogP contribution in [-0.2, 0) is 15.9 Å². The van der Waals surface area contributed by atoms with Gasteiger partial charge in [-0.25, -0.2) is 9.59 Å². The lowest BCUT2D eigenvalue weighted by Crippen LogP contribution is -2.28. The molecule has 1 aliphatic heterocycles. The molecule has 0 aliphatic carbocycles. The number of carbonyl (C=O) groups excluding carboxylic acids is 2. The van der Waals surface area contributed by atoms with Crippen LogP contribution in [0.3, 0.4) is 0 Å². The minimum Gasteiger partial charge on any atom is -0.465 e. The number of rotatable bonds is 1. The number of amides is 1. The van der Waals surface area contributed by atoms with Gasteiger partial charge in [0, 0.05) is 18.1 Å². The molecule has 0 atom stereocenters. The van der Waals surface area contributed by atoms with Gasteiger partial charge in [-0.1, -0.05) is 0 Å². The summed E-state index contributed by atoms with van der Waals surface area (Å²) >= 11 is 0. The van der Waals surface area contributed by atoms with E-state index in [0.29, 0.717) is 12.1 Å². The van der Waals surface area contributed by atoms with Gasteiger partial charge in [0.2, 0.25) is 0 Å². The molecule has 1 aliphatic rings. The van der Waals surface area contributed by atoms with Crippen LogP contribution in [0.15, 0.2) is 24.4 Å². The highest BCUT2D eigenvalue weighted by atomic mass is 16.5. The van der Waals surface area contributed by atoms with E-state index in [4.69, 9.17) is 9.47 Å². The molecule has 21 heavy (non-hydrogen) atoms. The van der Waals surface area contributed by atoms with Gasteiger partial charge in [0.25, 0.3) is 0 Å².